The van der Waals surface area contributed by atoms with Crippen LogP contribution in [0.2, 0.25) is 0 Å². The van der Waals surface area contributed by atoms with Gasteiger partial charge in [0.1, 0.15) is 5.82 Å². The van der Waals surface area contributed by atoms with E-state index in [9.17, 15) is 13.8 Å². The van der Waals surface area contributed by atoms with Crippen molar-refractivity contribution in [2.24, 2.45) is 5.92 Å². The van der Waals surface area contributed by atoms with Crippen molar-refractivity contribution in [2.75, 3.05) is 23.3 Å². The molecule has 2 atom stereocenters. The summed E-state index contributed by atoms with van der Waals surface area (Å²) in [5.41, 5.74) is 3.19. The Balaban J connectivity index is 0.00000131. The summed E-state index contributed by atoms with van der Waals surface area (Å²) in [6.45, 7) is 17.1. The number of anilines is 2. The van der Waals surface area contributed by atoms with Crippen LogP contribution in [-0.4, -0.2) is 39.3 Å². The van der Waals surface area contributed by atoms with E-state index in [4.69, 9.17) is 4.98 Å². The van der Waals surface area contributed by atoms with Crippen molar-refractivity contribution in [1.29, 1.82) is 0 Å². The molecule has 0 bridgehead atoms. The molecule has 3 rings (SSSR count). The molecule has 9 heteroatoms. The number of esters is 1. The smallest absolute Gasteiger partial charge is 0.303 e. The lowest BCUT2D eigenvalue weighted by Crippen LogP contribution is -2.21. The number of nitrogens with zero attached hydrogens (tertiary/aromatic N) is 3. The first kappa shape index (κ1) is 33.0. The molecule has 8 nitrogen and oxygen atoms in total. The van der Waals surface area contributed by atoms with Gasteiger partial charge in [0, 0.05) is 31.6 Å². The van der Waals surface area contributed by atoms with Crippen LogP contribution in [0.4, 0.5) is 11.4 Å². The maximum absolute atomic E-state index is 13.3. The third-order valence-electron chi connectivity index (χ3n) is 6.45. The standard InChI is InChI=1S/C27H36N4O4S.C4H10/c1-8-18(2)16-31-24-14-11-21(15-23(24)29-26(31)27(4,5)6)30(7)36(34)22-12-9-20(10-13-22)28-25(33)17-35-19(3)32;1-3-4-2/h9-15,18H,8,16-17H2,1-7H3,(H,28,33);3-4H2,1-2H3. The summed E-state index contributed by atoms with van der Waals surface area (Å²) in [6, 6.07) is 12.8. The molecule has 220 valence electrons. The van der Waals surface area contributed by atoms with E-state index in [-0.39, 0.29) is 12.0 Å². The first-order valence-corrected chi connectivity index (χ1v) is 15.1. The third-order valence-corrected chi connectivity index (χ3v) is 7.84. The topological polar surface area (TPSA) is 93.5 Å². The molecule has 0 aliphatic heterocycles. The van der Waals surface area contributed by atoms with Crippen molar-refractivity contribution < 1.29 is 18.5 Å². The van der Waals surface area contributed by atoms with Crippen molar-refractivity contribution in [3.8, 4) is 0 Å². The molecule has 1 N–H and O–H groups in total. The first-order valence-electron chi connectivity index (χ1n) is 14.0. The Morgan fingerprint density at radius 2 is 1.70 bits per heavy atom. The first-order chi connectivity index (χ1) is 18.8. The molecule has 3 aromatic rings. The van der Waals surface area contributed by atoms with Crippen LogP contribution < -0.4 is 9.62 Å². The lowest BCUT2D eigenvalue weighted by atomic mass is 9.95. The van der Waals surface area contributed by atoms with Gasteiger partial charge in [-0.05, 0) is 48.4 Å². The Kier molecular flexibility index (Phi) is 12.4. The van der Waals surface area contributed by atoms with Crippen LogP contribution in [0, 0.1) is 5.92 Å². The maximum atomic E-state index is 13.3. The zero-order chi connectivity index (χ0) is 30.0. The molecule has 1 amide bonds. The number of hydrogen-bond donors (Lipinski definition) is 1. The summed E-state index contributed by atoms with van der Waals surface area (Å²) >= 11 is 0. The third kappa shape index (κ3) is 9.18. The number of hydrogen-bond acceptors (Lipinski definition) is 5. The Morgan fingerprint density at radius 1 is 1.07 bits per heavy atom. The van der Waals surface area contributed by atoms with E-state index in [0.717, 1.165) is 35.5 Å². The van der Waals surface area contributed by atoms with Crippen molar-refractivity contribution >= 4 is 45.3 Å². The number of carbonyl (C=O) groups is 2. The average molecular weight is 571 g/mol. The fraction of sp³-hybridized carbons (Fsp3) is 0.516. The number of benzene rings is 2. The number of imidazole rings is 1. The number of carbonyl (C=O) groups excluding carboxylic acids is 2. The number of fused-ring (bicyclic) bond motifs is 1. The summed E-state index contributed by atoms with van der Waals surface area (Å²) in [6.07, 6.45) is 3.73. The van der Waals surface area contributed by atoms with Gasteiger partial charge < -0.3 is 14.6 Å². The molecule has 0 aliphatic rings. The minimum Gasteiger partial charge on any atom is -0.456 e. The Morgan fingerprint density at radius 3 is 2.23 bits per heavy atom. The lowest BCUT2D eigenvalue weighted by molar-refractivity contribution is -0.144. The summed E-state index contributed by atoms with van der Waals surface area (Å²) in [4.78, 5) is 28.2. The molecular formula is C31H46N4O4S. The van der Waals surface area contributed by atoms with Crippen LogP contribution in [0.25, 0.3) is 11.0 Å². The summed E-state index contributed by atoms with van der Waals surface area (Å²) < 4.78 is 22.0. The van der Waals surface area contributed by atoms with Crippen LogP contribution >= 0.6 is 0 Å². The van der Waals surface area contributed by atoms with Gasteiger partial charge in [0.25, 0.3) is 5.91 Å². The molecule has 0 spiro atoms. The zero-order valence-corrected chi connectivity index (χ0v) is 26.4. The second kappa shape index (κ2) is 15.0. The predicted molar refractivity (Wildman–Crippen MR) is 165 cm³/mol. The largest absolute Gasteiger partial charge is 0.456 e. The van der Waals surface area contributed by atoms with E-state index in [1.807, 2.05) is 12.1 Å². The quantitative estimate of drug-likeness (QED) is 0.269. The summed E-state index contributed by atoms with van der Waals surface area (Å²) in [7, 11) is 0.323. The van der Waals surface area contributed by atoms with E-state index in [1.54, 1.807) is 35.6 Å². The van der Waals surface area contributed by atoms with E-state index in [0.29, 0.717) is 16.5 Å². The number of aromatic nitrogens is 2. The molecule has 0 fully saturated rings. The highest BCUT2D eigenvalue weighted by Gasteiger charge is 2.24. The van der Waals surface area contributed by atoms with Gasteiger partial charge in [-0.2, -0.15) is 0 Å². The number of rotatable bonds is 10. The minimum atomic E-state index is -1.46. The highest BCUT2D eigenvalue weighted by Crippen LogP contribution is 2.31. The molecule has 0 radical (unpaired) electrons. The number of unbranched alkanes of at least 4 members (excludes halogenated alkanes) is 1. The summed E-state index contributed by atoms with van der Waals surface area (Å²) in [5, 5.41) is 2.64. The molecule has 1 aromatic heterocycles. The monoisotopic (exact) mass is 570 g/mol. The molecule has 0 saturated heterocycles. The average Bonchev–Trinajstić information content (AvgIpc) is 3.29. The van der Waals surface area contributed by atoms with E-state index >= 15 is 0 Å². The molecule has 2 unspecified atom stereocenters. The molecule has 0 aliphatic carbocycles. The van der Waals surface area contributed by atoms with Crippen LogP contribution in [0.1, 0.15) is 80.5 Å². The van der Waals surface area contributed by atoms with Gasteiger partial charge in [-0.3, -0.25) is 13.9 Å². The molecule has 0 saturated carbocycles. The fourth-order valence-electron chi connectivity index (χ4n) is 3.78. The molecular weight excluding hydrogens is 524 g/mol. The van der Waals surface area contributed by atoms with Gasteiger partial charge in [0.2, 0.25) is 0 Å². The van der Waals surface area contributed by atoms with Gasteiger partial charge in [0.05, 0.1) is 21.6 Å². The highest BCUT2D eigenvalue weighted by molar-refractivity contribution is 7.86. The lowest BCUT2D eigenvalue weighted by Gasteiger charge is -2.22. The van der Waals surface area contributed by atoms with Crippen molar-refractivity contribution in [3.63, 3.8) is 0 Å². The van der Waals surface area contributed by atoms with Crippen LogP contribution in [0.3, 0.4) is 0 Å². The van der Waals surface area contributed by atoms with E-state index < -0.39 is 22.9 Å². The van der Waals surface area contributed by atoms with Crippen molar-refractivity contribution in [1.82, 2.24) is 9.55 Å². The fourth-order valence-corrected chi connectivity index (χ4v) is 4.78. The molecule has 1 heterocycles. The molecule has 2 aromatic carbocycles. The van der Waals surface area contributed by atoms with Gasteiger partial charge in [0.15, 0.2) is 17.6 Å². The van der Waals surface area contributed by atoms with Crippen molar-refractivity contribution in [3.05, 3.63) is 48.3 Å². The SMILES string of the molecule is CCC(C)Cn1c(C(C)(C)C)nc2cc(N(C)S(=O)c3ccc(NC(=O)COC(C)=O)cc3)ccc21.CCCC. The van der Waals surface area contributed by atoms with Crippen LogP contribution in [-0.2, 0) is 37.3 Å². The van der Waals surface area contributed by atoms with Gasteiger partial charge in [-0.15, -0.1) is 0 Å². The van der Waals surface area contributed by atoms with E-state index in [1.165, 1.54) is 19.8 Å². The number of ether oxygens (including phenoxy) is 1. The molecule has 40 heavy (non-hydrogen) atoms. The van der Waals surface area contributed by atoms with Gasteiger partial charge in [-0.25, -0.2) is 9.19 Å². The Hall–Kier alpha value is -3.20. The summed E-state index contributed by atoms with van der Waals surface area (Å²) in [5.74, 6) is 0.624. The maximum Gasteiger partial charge on any atom is 0.303 e. The van der Waals surface area contributed by atoms with Gasteiger partial charge >= 0.3 is 5.97 Å². The van der Waals surface area contributed by atoms with Crippen LogP contribution in [0.15, 0.2) is 47.4 Å². The van der Waals surface area contributed by atoms with Crippen LogP contribution in [0.5, 0.6) is 0 Å². The van der Waals surface area contributed by atoms with Crippen molar-refractivity contribution in [2.45, 2.75) is 91.5 Å². The van der Waals surface area contributed by atoms with E-state index in [2.05, 4.69) is 69.2 Å². The Labute approximate surface area is 242 Å². The predicted octanol–water partition coefficient (Wildman–Crippen LogP) is 6.85. The van der Waals surface area contributed by atoms with Gasteiger partial charge in [-0.1, -0.05) is 67.7 Å². The minimum absolute atomic E-state index is 0.100. The number of nitrogens with one attached hydrogen (secondary N) is 1. The second-order valence-electron chi connectivity index (χ2n) is 11.1. The highest BCUT2D eigenvalue weighted by atomic mass is 32.2. The second-order valence-corrected chi connectivity index (χ2v) is 12.6. The Bertz CT molecular complexity index is 1290. The normalized spacial score (nSPS) is 12.7. The number of amides is 1. The zero-order valence-electron chi connectivity index (χ0n) is 25.5.